The van der Waals surface area contributed by atoms with Crippen LogP contribution in [0.1, 0.15) is 17.0 Å². The van der Waals surface area contributed by atoms with E-state index in [-0.39, 0.29) is 6.47 Å². The van der Waals surface area contributed by atoms with E-state index in [9.17, 15) is 0 Å². The molecular weight excluding hydrogens is 380 g/mol. The number of likely N-dealkylation sites (N-methyl/N-ethyl adjacent to an activating group) is 1. The summed E-state index contributed by atoms with van der Waals surface area (Å²) in [5.74, 6) is 0.951. The Balaban J connectivity index is 0.000000806. The molecule has 1 saturated heterocycles. The molecule has 1 aromatic carbocycles. The Bertz CT molecular complexity index is 991. The lowest BCUT2D eigenvalue weighted by atomic mass is 10.1. The van der Waals surface area contributed by atoms with Gasteiger partial charge in [0.2, 0.25) is 0 Å². The third-order valence-corrected chi connectivity index (χ3v) is 5.14. The number of piperazine rings is 1. The summed E-state index contributed by atoms with van der Waals surface area (Å²) in [6.07, 6.45) is 0. The van der Waals surface area contributed by atoms with Crippen LogP contribution in [0.3, 0.4) is 0 Å². The predicted molar refractivity (Wildman–Crippen MR) is 117 cm³/mol. The van der Waals surface area contributed by atoms with Crippen molar-refractivity contribution in [3.05, 3.63) is 53.3 Å². The topological polar surface area (TPSA) is 87.4 Å². The van der Waals surface area contributed by atoms with Crippen molar-refractivity contribution in [1.82, 2.24) is 24.9 Å². The van der Waals surface area contributed by atoms with E-state index in [0.29, 0.717) is 0 Å². The Morgan fingerprint density at radius 1 is 0.967 bits per heavy atom. The second kappa shape index (κ2) is 9.49. The smallest absolute Gasteiger partial charge is 0.290 e. The quantitative estimate of drug-likeness (QED) is 0.667. The summed E-state index contributed by atoms with van der Waals surface area (Å²) in [5.41, 5.74) is 6.28. The summed E-state index contributed by atoms with van der Waals surface area (Å²) in [5, 5.41) is 20.6. The van der Waals surface area contributed by atoms with Gasteiger partial charge in [-0.15, -0.1) is 10.2 Å². The molecule has 0 radical (unpaired) electrons. The van der Waals surface area contributed by atoms with Gasteiger partial charge in [0, 0.05) is 37.4 Å². The van der Waals surface area contributed by atoms with Crippen molar-refractivity contribution in [1.29, 1.82) is 0 Å². The first-order valence-electron chi connectivity index (χ1n) is 9.92. The van der Waals surface area contributed by atoms with Crippen LogP contribution in [-0.2, 0) is 4.79 Å². The Morgan fingerprint density at radius 2 is 1.67 bits per heavy atom. The average Bonchev–Trinajstić information content (AvgIpc) is 3.07. The van der Waals surface area contributed by atoms with Gasteiger partial charge in [-0.25, -0.2) is 4.68 Å². The molecule has 30 heavy (non-hydrogen) atoms. The highest BCUT2D eigenvalue weighted by molar-refractivity contribution is 5.71. The third-order valence-electron chi connectivity index (χ3n) is 5.14. The van der Waals surface area contributed by atoms with Gasteiger partial charge < -0.3 is 14.9 Å². The standard InChI is InChI=1S/C21H26N6.CH2O2/c1-15-5-6-18(20(13-15)27-17(3)14-16(2)24-27)19-7-8-21(23-22-19)26-11-9-25(4)10-12-26;2-1-3/h5-8,13-14H,9-12H2,1-4H3;1H,(H,2,3). The summed E-state index contributed by atoms with van der Waals surface area (Å²) in [6, 6.07) is 12.6. The molecule has 8 heteroatoms. The highest BCUT2D eigenvalue weighted by Gasteiger charge is 2.17. The zero-order valence-electron chi connectivity index (χ0n) is 17.9. The van der Waals surface area contributed by atoms with Gasteiger partial charge in [0.1, 0.15) is 0 Å². The van der Waals surface area contributed by atoms with E-state index < -0.39 is 0 Å². The molecule has 0 bridgehead atoms. The molecule has 1 aliphatic rings. The van der Waals surface area contributed by atoms with E-state index in [2.05, 4.69) is 82.4 Å². The first-order chi connectivity index (χ1) is 14.4. The van der Waals surface area contributed by atoms with E-state index in [1.165, 1.54) is 5.56 Å². The monoisotopic (exact) mass is 408 g/mol. The van der Waals surface area contributed by atoms with E-state index in [1.807, 2.05) is 11.6 Å². The van der Waals surface area contributed by atoms with Crippen molar-refractivity contribution in [2.75, 3.05) is 38.1 Å². The minimum Gasteiger partial charge on any atom is -0.483 e. The molecule has 3 heterocycles. The van der Waals surface area contributed by atoms with Crippen molar-refractivity contribution < 1.29 is 9.90 Å². The number of benzene rings is 1. The summed E-state index contributed by atoms with van der Waals surface area (Å²) in [7, 11) is 2.16. The maximum Gasteiger partial charge on any atom is 0.290 e. The second-order valence-corrected chi connectivity index (χ2v) is 7.53. The van der Waals surface area contributed by atoms with Crippen LogP contribution in [0.2, 0.25) is 0 Å². The molecule has 8 nitrogen and oxygen atoms in total. The minimum absolute atomic E-state index is 0.250. The number of aromatic nitrogens is 4. The van der Waals surface area contributed by atoms with Crippen molar-refractivity contribution >= 4 is 12.3 Å². The first kappa shape index (κ1) is 21.4. The summed E-state index contributed by atoms with van der Waals surface area (Å²) in [6.45, 7) is 10.0. The van der Waals surface area contributed by atoms with Crippen molar-refractivity contribution in [2.24, 2.45) is 0 Å². The normalized spacial score (nSPS) is 14.2. The number of hydrogen-bond donors (Lipinski definition) is 1. The molecule has 0 atom stereocenters. The van der Waals surface area contributed by atoms with Crippen LogP contribution >= 0.6 is 0 Å². The van der Waals surface area contributed by atoms with Gasteiger partial charge in [-0.1, -0.05) is 12.1 Å². The fourth-order valence-electron chi connectivity index (χ4n) is 3.58. The second-order valence-electron chi connectivity index (χ2n) is 7.53. The Hall–Kier alpha value is -3.26. The maximum absolute atomic E-state index is 8.36. The van der Waals surface area contributed by atoms with E-state index in [4.69, 9.17) is 9.90 Å². The molecule has 3 aromatic rings. The molecule has 0 aliphatic carbocycles. The number of anilines is 1. The van der Waals surface area contributed by atoms with Crippen LogP contribution in [0.25, 0.3) is 16.9 Å². The minimum atomic E-state index is -0.250. The van der Waals surface area contributed by atoms with Crippen molar-refractivity contribution in [3.8, 4) is 16.9 Å². The molecule has 1 aliphatic heterocycles. The van der Waals surface area contributed by atoms with Crippen LogP contribution < -0.4 is 4.90 Å². The summed E-state index contributed by atoms with van der Waals surface area (Å²) < 4.78 is 1.99. The number of carboxylic acid groups (broad SMARTS) is 1. The molecule has 4 rings (SSSR count). The lowest BCUT2D eigenvalue weighted by Crippen LogP contribution is -2.44. The van der Waals surface area contributed by atoms with Gasteiger partial charge in [-0.05, 0) is 57.6 Å². The van der Waals surface area contributed by atoms with Gasteiger partial charge in [-0.3, -0.25) is 4.79 Å². The number of hydrogen-bond acceptors (Lipinski definition) is 6. The number of rotatable bonds is 3. The summed E-state index contributed by atoms with van der Waals surface area (Å²) in [4.78, 5) is 13.0. The zero-order valence-corrected chi connectivity index (χ0v) is 17.9. The lowest BCUT2D eigenvalue weighted by molar-refractivity contribution is -0.122. The zero-order chi connectivity index (χ0) is 21.7. The van der Waals surface area contributed by atoms with Gasteiger partial charge in [0.05, 0.1) is 17.1 Å². The summed E-state index contributed by atoms with van der Waals surface area (Å²) >= 11 is 0. The van der Waals surface area contributed by atoms with Crippen LogP contribution in [0.4, 0.5) is 5.82 Å². The Morgan fingerprint density at radius 3 is 2.23 bits per heavy atom. The Kier molecular flexibility index (Phi) is 6.79. The molecule has 0 amide bonds. The number of aryl methyl sites for hydroxylation is 3. The number of nitrogens with zero attached hydrogens (tertiary/aromatic N) is 6. The van der Waals surface area contributed by atoms with Gasteiger partial charge >= 0.3 is 0 Å². The molecule has 0 spiro atoms. The molecule has 1 N–H and O–H groups in total. The predicted octanol–water partition coefficient (Wildman–Crippen LogP) is 2.71. The first-order valence-corrected chi connectivity index (χ1v) is 9.92. The molecule has 1 fully saturated rings. The van der Waals surface area contributed by atoms with E-state index in [1.54, 1.807) is 0 Å². The molecule has 2 aromatic heterocycles. The molecular formula is C22H28N6O2. The van der Waals surface area contributed by atoms with Crippen LogP contribution in [0.5, 0.6) is 0 Å². The van der Waals surface area contributed by atoms with E-state index >= 15 is 0 Å². The van der Waals surface area contributed by atoms with Crippen LogP contribution in [0, 0.1) is 20.8 Å². The van der Waals surface area contributed by atoms with Crippen molar-refractivity contribution in [2.45, 2.75) is 20.8 Å². The highest BCUT2D eigenvalue weighted by Crippen LogP contribution is 2.28. The molecule has 0 unspecified atom stereocenters. The molecule has 0 saturated carbocycles. The average molecular weight is 409 g/mol. The lowest BCUT2D eigenvalue weighted by Gasteiger charge is -2.32. The maximum atomic E-state index is 8.36. The number of carbonyl (C=O) groups is 1. The third kappa shape index (κ3) is 4.83. The van der Waals surface area contributed by atoms with Crippen LogP contribution in [0.15, 0.2) is 36.4 Å². The van der Waals surface area contributed by atoms with Crippen LogP contribution in [-0.4, -0.2) is 69.7 Å². The molecule has 158 valence electrons. The van der Waals surface area contributed by atoms with Gasteiger partial charge in [-0.2, -0.15) is 5.10 Å². The SMILES string of the molecule is Cc1ccc(-c2ccc(N3CCN(C)CC3)nn2)c(-n2nc(C)cc2C)c1.O=CO. The Labute approximate surface area is 176 Å². The van der Waals surface area contributed by atoms with Gasteiger partial charge in [0.15, 0.2) is 5.82 Å². The fraction of sp³-hybridized carbons (Fsp3) is 0.364. The fourth-order valence-corrected chi connectivity index (χ4v) is 3.58. The highest BCUT2D eigenvalue weighted by atomic mass is 16.3. The van der Waals surface area contributed by atoms with Crippen molar-refractivity contribution in [3.63, 3.8) is 0 Å². The van der Waals surface area contributed by atoms with Gasteiger partial charge in [0.25, 0.3) is 6.47 Å². The van der Waals surface area contributed by atoms with E-state index in [0.717, 1.165) is 60.3 Å². The largest absolute Gasteiger partial charge is 0.483 e.